The van der Waals surface area contributed by atoms with Crippen LogP contribution in [0.1, 0.15) is 22.8 Å². The Kier molecular flexibility index (Phi) is 9.23. The molecule has 0 radical (unpaired) electrons. The molecule has 1 amide bonds. The van der Waals surface area contributed by atoms with Crippen molar-refractivity contribution in [2.24, 2.45) is 5.73 Å². The van der Waals surface area contributed by atoms with Gasteiger partial charge in [0.05, 0.1) is 25.1 Å². The Balaban J connectivity index is 1.17. The molecule has 0 bridgehead atoms. The number of hydrogen-bond donors (Lipinski definition) is 9. The molecule has 0 aromatic carbocycles. The predicted molar refractivity (Wildman–Crippen MR) is 144 cm³/mol. The van der Waals surface area contributed by atoms with Gasteiger partial charge < -0.3 is 51.2 Å². The van der Waals surface area contributed by atoms with Crippen molar-refractivity contribution >= 4 is 44.4 Å². The molecule has 2 fully saturated rings. The van der Waals surface area contributed by atoms with Crippen LogP contribution in [-0.2, 0) is 32.0 Å². The van der Waals surface area contributed by atoms with Crippen LogP contribution >= 0.6 is 15.6 Å². The monoisotopic (exact) mass is 679 g/mol. The van der Waals surface area contributed by atoms with Crippen LogP contribution in [0.3, 0.4) is 0 Å². The topological polar surface area (TPSA) is 344 Å². The molecule has 3 aromatic heterocycles. The zero-order chi connectivity index (χ0) is 32.8. The van der Waals surface area contributed by atoms with Crippen molar-refractivity contribution in [3.8, 4) is 0 Å². The first-order valence-corrected chi connectivity index (χ1v) is 15.8. The molecule has 2 aliphatic heterocycles. The van der Waals surface area contributed by atoms with E-state index in [9.17, 15) is 44.1 Å². The summed E-state index contributed by atoms with van der Waals surface area (Å²) in [6.45, 7) is -1.85. The van der Waals surface area contributed by atoms with Crippen LogP contribution in [0.15, 0.2) is 31.0 Å². The number of phosphoric ester groups is 2. The van der Waals surface area contributed by atoms with E-state index in [0.717, 1.165) is 17.1 Å². The molecule has 4 unspecified atom stereocenters. The third kappa shape index (κ3) is 6.83. The fourth-order valence-corrected chi connectivity index (χ4v) is 6.75. The van der Waals surface area contributed by atoms with Gasteiger partial charge in [-0.2, -0.15) is 4.31 Å². The minimum Gasteiger partial charge on any atom is -0.387 e. The van der Waals surface area contributed by atoms with Gasteiger partial charge in [0.1, 0.15) is 54.7 Å². The Hall–Kier alpha value is -3.21. The Morgan fingerprint density at radius 1 is 0.933 bits per heavy atom. The summed E-state index contributed by atoms with van der Waals surface area (Å²) in [6.07, 6.45) is -8.73. The maximum atomic E-state index is 12.4. The number of phosphoric acid groups is 2. The summed E-state index contributed by atoms with van der Waals surface area (Å²) >= 11 is 0. The number of anilines is 2. The van der Waals surface area contributed by atoms with E-state index in [0.29, 0.717) is 0 Å². The van der Waals surface area contributed by atoms with E-state index >= 15 is 0 Å². The van der Waals surface area contributed by atoms with Gasteiger partial charge in [-0.05, 0) is 6.07 Å². The molecule has 12 N–H and O–H groups in total. The molecule has 3 aromatic rings. The van der Waals surface area contributed by atoms with Crippen LogP contribution in [0, 0.1) is 0 Å². The molecular weight excluding hydrogens is 650 g/mol. The van der Waals surface area contributed by atoms with Crippen LogP contribution in [0.5, 0.6) is 0 Å². The average molecular weight is 679 g/mol. The number of aliphatic hydroxyl groups is 4. The van der Waals surface area contributed by atoms with Crippen molar-refractivity contribution in [1.82, 2.24) is 19.5 Å². The first kappa shape index (κ1) is 33.2. The average Bonchev–Trinajstić information content (AvgIpc) is 3.61. The van der Waals surface area contributed by atoms with Crippen molar-refractivity contribution in [1.29, 1.82) is 0 Å². The number of nitrogens with zero attached hydrogens (tertiary/aromatic N) is 5. The van der Waals surface area contributed by atoms with E-state index in [1.807, 2.05) is 0 Å². The predicted octanol–water partition coefficient (Wildman–Crippen LogP) is -3.43. The quantitative estimate of drug-likeness (QED) is 0.0703. The van der Waals surface area contributed by atoms with Crippen LogP contribution in [0.4, 0.5) is 11.6 Å². The number of primary amides is 1. The molecule has 10 atom stereocenters. The van der Waals surface area contributed by atoms with Gasteiger partial charge in [0.25, 0.3) is 11.7 Å². The Bertz CT molecular complexity index is 1680. The number of ether oxygens (including phenoxy) is 2. The molecule has 2 saturated heterocycles. The molecule has 5 rings (SSSR count). The Labute approximate surface area is 251 Å². The van der Waals surface area contributed by atoms with Crippen molar-refractivity contribution < 1.29 is 71.5 Å². The van der Waals surface area contributed by atoms with Gasteiger partial charge in [-0.15, -0.1) is 0 Å². The van der Waals surface area contributed by atoms with Crippen molar-refractivity contribution in [3.05, 3.63) is 36.5 Å². The molecule has 2 aliphatic rings. The summed E-state index contributed by atoms with van der Waals surface area (Å²) in [4.78, 5) is 43.4. The second kappa shape index (κ2) is 12.5. The first-order valence-electron chi connectivity index (χ1n) is 12.8. The number of imidazole rings is 1. The smallest absolute Gasteiger partial charge is 0.387 e. The highest BCUT2D eigenvalue weighted by molar-refractivity contribution is 7.61. The second-order valence-corrected chi connectivity index (χ2v) is 12.9. The number of rotatable bonds is 11. The SMILES string of the molecule is NC(=O)c1ccc(N)[n+]([C@@H]2O[C@H](COP(=O)(O)OP(=O)(O)OC[C@H]3O[C@@H](n4cnc5c(N)ncnc54)C(O)[C@H]3O)[C@H](O)C2O)c1. The highest BCUT2D eigenvalue weighted by Crippen LogP contribution is 2.60. The Morgan fingerprint density at radius 3 is 2.20 bits per heavy atom. The lowest BCUT2D eigenvalue weighted by Crippen LogP contribution is -2.48. The lowest BCUT2D eigenvalue weighted by atomic mass is 10.1. The number of amides is 1. The van der Waals surface area contributed by atoms with E-state index in [1.165, 1.54) is 23.0 Å². The zero-order valence-electron chi connectivity index (χ0n) is 22.7. The van der Waals surface area contributed by atoms with E-state index in [1.54, 1.807) is 0 Å². The minimum absolute atomic E-state index is 0.000379. The molecule has 0 saturated carbocycles. The number of nitrogens with two attached hydrogens (primary N) is 3. The summed E-state index contributed by atoms with van der Waals surface area (Å²) in [6, 6.07) is 2.61. The fraction of sp³-hybridized carbons (Fsp3) is 0.476. The molecule has 0 aliphatic carbocycles. The summed E-state index contributed by atoms with van der Waals surface area (Å²) in [5.74, 6) is -0.771. The molecule has 45 heavy (non-hydrogen) atoms. The summed E-state index contributed by atoms with van der Waals surface area (Å²) < 4.78 is 51.9. The lowest BCUT2D eigenvalue weighted by Gasteiger charge is -2.20. The van der Waals surface area contributed by atoms with Gasteiger partial charge in [-0.25, -0.2) is 28.6 Å². The third-order valence-corrected chi connectivity index (χ3v) is 9.52. The third-order valence-electron chi connectivity index (χ3n) is 6.91. The first-order chi connectivity index (χ1) is 21.1. The molecule has 22 nitrogen and oxygen atoms in total. The van der Waals surface area contributed by atoms with Gasteiger partial charge in [-0.3, -0.25) is 24.1 Å². The number of aromatic nitrogens is 5. The highest BCUT2D eigenvalue weighted by atomic mass is 31.3. The number of fused-ring (bicyclic) bond motifs is 1. The number of pyridine rings is 1. The Morgan fingerprint density at radius 2 is 1.56 bits per heavy atom. The maximum Gasteiger partial charge on any atom is 0.481 e. The minimum atomic E-state index is -5.40. The summed E-state index contributed by atoms with van der Waals surface area (Å²) in [7, 11) is -10.8. The van der Waals surface area contributed by atoms with Gasteiger partial charge in [0, 0.05) is 6.07 Å². The second-order valence-electron chi connectivity index (χ2n) is 9.90. The van der Waals surface area contributed by atoms with E-state index in [2.05, 4.69) is 23.8 Å². The largest absolute Gasteiger partial charge is 0.481 e. The number of hydrogen-bond acceptors (Lipinski definition) is 17. The van der Waals surface area contributed by atoms with E-state index in [4.69, 9.17) is 31.2 Å². The summed E-state index contributed by atoms with van der Waals surface area (Å²) in [5, 5.41) is 41.8. The molecular formula is C21H29N8O14P2+. The maximum absolute atomic E-state index is 12.4. The number of nitrogen functional groups attached to an aromatic ring is 2. The fourth-order valence-electron chi connectivity index (χ4n) is 4.66. The van der Waals surface area contributed by atoms with Crippen molar-refractivity contribution in [3.63, 3.8) is 0 Å². The number of carbonyl (C=O) groups excluding carboxylic acids is 1. The summed E-state index contributed by atoms with van der Waals surface area (Å²) in [5.41, 5.74) is 17.2. The number of carbonyl (C=O) groups is 1. The highest BCUT2D eigenvalue weighted by Gasteiger charge is 2.49. The van der Waals surface area contributed by atoms with Gasteiger partial charge in [-0.1, -0.05) is 0 Å². The molecule has 24 heteroatoms. The van der Waals surface area contributed by atoms with Crippen LogP contribution in [0.25, 0.3) is 11.2 Å². The molecule has 5 heterocycles. The van der Waals surface area contributed by atoms with Gasteiger partial charge in [0.2, 0.25) is 6.23 Å². The normalized spacial score (nSPS) is 31.2. The van der Waals surface area contributed by atoms with E-state index < -0.39 is 83.8 Å². The molecule has 0 spiro atoms. The van der Waals surface area contributed by atoms with Crippen LogP contribution < -0.4 is 21.8 Å². The standard InChI is InChI=1S/C21H28N8O14P2/c22-11-2-1-8(18(24)34)3-28(11)20-15(32)13(30)9(41-20)4-39-44(35,36)43-45(37,38)40-5-10-14(31)16(33)21(42-10)29-7-27-12-17(23)25-6-26-19(12)29/h1-3,6-7,9-10,13-16,20-22,30-33H,4-5H2,(H6,23,24,25,26,34,35,36,37,38)/p+1/t9-,10-,13+,14+,15?,16?,20-,21-/m1/s1. The van der Waals surface area contributed by atoms with Crippen LogP contribution in [0.2, 0.25) is 0 Å². The van der Waals surface area contributed by atoms with E-state index in [-0.39, 0.29) is 28.4 Å². The van der Waals surface area contributed by atoms with Crippen molar-refractivity contribution in [2.45, 2.75) is 49.1 Å². The van der Waals surface area contributed by atoms with Crippen LogP contribution in [-0.4, -0.2) is 105 Å². The zero-order valence-corrected chi connectivity index (χ0v) is 24.5. The number of aliphatic hydroxyl groups excluding tert-OH is 4. The van der Waals surface area contributed by atoms with Gasteiger partial charge in [0.15, 0.2) is 17.7 Å². The van der Waals surface area contributed by atoms with Crippen molar-refractivity contribution in [2.75, 3.05) is 24.7 Å². The lowest BCUT2D eigenvalue weighted by molar-refractivity contribution is -0.753. The van der Waals surface area contributed by atoms with Gasteiger partial charge >= 0.3 is 15.6 Å². The molecule has 246 valence electrons.